The number of H-pyrrole nitrogens is 1. The molecule has 2 heteroatoms. The quantitative estimate of drug-likeness (QED) is 0.610. The molecule has 14 heavy (non-hydrogen) atoms. The van der Waals surface area contributed by atoms with Gasteiger partial charge in [-0.1, -0.05) is 18.2 Å². The molecule has 0 amide bonds. The standard InChI is InChI=1S/C12H13NS/c14-11-7-3-5-9-8-4-1-2-6-10(8)13-12(9)11/h1-2,4,6,11,13-14H,3,5,7H2. The Bertz CT molecular complexity index is 472. The third kappa shape index (κ3) is 1.10. The van der Waals surface area contributed by atoms with E-state index in [9.17, 15) is 0 Å². The molecular weight excluding hydrogens is 190 g/mol. The lowest BCUT2D eigenvalue weighted by molar-refractivity contribution is 0.670. The maximum absolute atomic E-state index is 4.62. The predicted octanol–water partition coefficient (Wildman–Crippen LogP) is 3.48. The Labute approximate surface area is 88.9 Å². The Morgan fingerprint density at radius 3 is 3.07 bits per heavy atom. The van der Waals surface area contributed by atoms with Crippen LogP contribution in [0.15, 0.2) is 24.3 Å². The SMILES string of the molecule is SC1CCCc2c1[nH]c1ccccc21. The summed E-state index contributed by atoms with van der Waals surface area (Å²) in [4.78, 5) is 3.49. The Kier molecular flexibility index (Phi) is 1.84. The average molecular weight is 203 g/mol. The highest BCUT2D eigenvalue weighted by atomic mass is 32.1. The van der Waals surface area contributed by atoms with Crippen LogP contribution in [0.5, 0.6) is 0 Å². The first-order valence-corrected chi connectivity index (χ1v) is 5.65. The second kappa shape index (κ2) is 3.06. The lowest BCUT2D eigenvalue weighted by Gasteiger charge is -2.17. The van der Waals surface area contributed by atoms with E-state index in [-0.39, 0.29) is 0 Å². The highest BCUT2D eigenvalue weighted by Gasteiger charge is 2.20. The van der Waals surface area contributed by atoms with Crippen molar-refractivity contribution in [3.8, 4) is 0 Å². The first-order valence-electron chi connectivity index (χ1n) is 5.14. The number of nitrogens with one attached hydrogen (secondary N) is 1. The zero-order valence-corrected chi connectivity index (χ0v) is 8.85. The number of thiol groups is 1. The van der Waals surface area contributed by atoms with Crippen molar-refractivity contribution in [2.45, 2.75) is 24.5 Å². The Morgan fingerprint density at radius 1 is 1.29 bits per heavy atom. The zero-order valence-electron chi connectivity index (χ0n) is 7.96. The summed E-state index contributed by atoms with van der Waals surface area (Å²) < 4.78 is 0. The molecule has 1 aliphatic rings. The summed E-state index contributed by atoms with van der Waals surface area (Å²) in [6, 6.07) is 8.54. The van der Waals surface area contributed by atoms with Crippen molar-refractivity contribution in [3.05, 3.63) is 35.5 Å². The summed E-state index contributed by atoms with van der Waals surface area (Å²) in [7, 11) is 0. The van der Waals surface area contributed by atoms with Crippen LogP contribution in [-0.4, -0.2) is 4.98 Å². The van der Waals surface area contributed by atoms with Crippen molar-refractivity contribution in [2.24, 2.45) is 0 Å². The molecule has 72 valence electrons. The fourth-order valence-electron chi connectivity index (χ4n) is 2.39. The second-order valence-electron chi connectivity index (χ2n) is 3.97. The maximum atomic E-state index is 4.62. The van der Waals surface area contributed by atoms with Crippen LogP contribution in [0.3, 0.4) is 0 Å². The minimum Gasteiger partial charge on any atom is -0.357 e. The largest absolute Gasteiger partial charge is 0.357 e. The van der Waals surface area contributed by atoms with Gasteiger partial charge in [0.05, 0.1) is 0 Å². The Balaban J connectivity index is 2.32. The van der Waals surface area contributed by atoms with Gasteiger partial charge in [-0.15, -0.1) is 0 Å². The van der Waals surface area contributed by atoms with Crippen molar-refractivity contribution >= 4 is 23.5 Å². The number of hydrogen-bond donors (Lipinski definition) is 2. The molecule has 1 nitrogen and oxygen atoms in total. The van der Waals surface area contributed by atoms with Gasteiger partial charge in [0.2, 0.25) is 0 Å². The predicted molar refractivity (Wildman–Crippen MR) is 63.0 cm³/mol. The molecule has 1 aromatic heterocycles. The molecular formula is C12H13NS. The number of rotatable bonds is 0. The van der Waals surface area contributed by atoms with E-state index in [1.54, 1.807) is 0 Å². The Morgan fingerprint density at radius 2 is 2.14 bits per heavy atom. The van der Waals surface area contributed by atoms with Crippen LogP contribution < -0.4 is 0 Å². The highest BCUT2D eigenvalue weighted by molar-refractivity contribution is 7.80. The minimum absolute atomic E-state index is 0.408. The van der Waals surface area contributed by atoms with Crippen LogP contribution in [0.25, 0.3) is 10.9 Å². The minimum atomic E-state index is 0.408. The lowest BCUT2D eigenvalue weighted by atomic mass is 9.95. The smallest absolute Gasteiger partial charge is 0.0459 e. The molecule has 3 rings (SSSR count). The van der Waals surface area contributed by atoms with Crippen molar-refractivity contribution in [1.29, 1.82) is 0 Å². The number of aromatic nitrogens is 1. The monoisotopic (exact) mass is 203 g/mol. The molecule has 0 saturated heterocycles. The van der Waals surface area contributed by atoms with Gasteiger partial charge in [-0.3, -0.25) is 0 Å². The highest BCUT2D eigenvalue weighted by Crippen LogP contribution is 2.37. The van der Waals surface area contributed by atoms with E-state index in [0.717, 1.165) is 0 Å². The number of fused-ring (bicyclic) bond motifs is 3. The zero-order chi connectivity index (χ0) is 9.54. The van der Waals surface area contributed by atoms with Crippen molar-refractivity contribution in [3.63, 3.8) is 0 Å². The summed E-state index contributed by atoms with van der Waals surface area (Å²) >= 11 is 4.62. The molecule has 0 fully saturated rings. The van der Waals surface area contributed by atoms with Crippen LogP contribution in [0, 0.1) is 0 Å². The van der Waals surface area contributed by atoms with Crippen molar-refractivity contribution in [1.82, 2.24) is 4.98 Å². The van der Waals surface area contributed by atoms with Crippen molar-refractivity contribution < 1.29 is 0 Å². The first-order chi connectivity index (χ1) is 6.86. The number of aromatic amines is 1. The number of para-hydroxylation sites is 1. The van der Waals surface area contributed by atoms with Crippen LogP contribution in [-0.2, 0) is 6.42 Å². The van der Waals surface area contributed by atoms with Gasteiger partial charge in [-0.05, 0) is 30.9 Å². The summed E-state index contributed by atoms with van der Waals surface area (Å²) in [5, 5.41) is 1.80. The van der Waals surface area contributed by atoms with Crippen LogP contribution in [0.1, 0.15) is 29.3 Å². The lowest BCUT2D eigenvalue weighted by Crippen LogP contribution is -2.03. The molecule has 1 aromatic carbocycles. The van der Waals surface area contributed by atoms with E-state index in [1.807, 2.05) is 0 Å². The van der Waals surface area contributed by atoms with Crippen LogP contribution >= 0.6 is 12.6 Å². The fourth-order valence-corrected chi connectivity index (χ4v) is 2.79. The third-order valence-electron chi connectivity index (χ3n) is 3.08. The molecule has 1 unspecified atom stereocenters. The van der Waals surface area contributed by atoms with Gasteiger partial charge in [0.1, 0.15) is 0 Å². The van der Waals surface area contributed by atoms with Crippen molar-refractivity contribution in [2.75, 3.05) is 0 Å². The van der Waals surface area contributed by atoms with E-state index in [4.69, 9.17) is 0 Å². The molecule has 1 N–H and O–H groups in total. The first kappa shape index (κ1) is 8.42. The molecule has 0 aliphatic heterocycles. The normalized spacial score (nSPS) is 21.1. The molecule has 1 atom stereocenters. The average Bonchev–Trinajstić information content (AvgIpc) is 2.59. The summed E-state index contributed by atoms with van der Waals surface area (Å²) in [5.74, 6) is 0. The van der Waals surface area contributed by atoms with Gasteiger partial charge in [-0.2, -0.15) is 12.6 Å². The van der Waals surface area contributed by atoms with E-state index < -0.39 is 0 Å². The van der Waals surface area contributed by atoms with Crippen LogP contribution in [0.4, 0.5) is 0 Å². The summed E-state index contributed by atoms with van der Waals surface area (Å²) in [5.41, 5.74) is 4.10. The second-order valence-corrected chi connectivity index (χ2v) is 4.59. The fraction of sp³-hybridized carbons (Fsp3) is 0.333. The third-order valence-corrected chi connectivity index (χ3v) is 3.60. The molecule has 2 aromatic rings. The van der Waals surface area contributed by atoms with E-state index in [1.165, 1.54) is 41.4 Å². The van der Waals surface area contributed by atoms with Gasteiger partial charge in [0, 0.05) is 21.8 Å². The Hall–Kier alpha value is -0.890. The number of aryl methyl sites for hydroxylation is 1. The molecule has 1 heterocycles. The maximum Gasteiger partial charge on any atom is 0.0459 e. The molecule has 0 spiro atoms. The van der Waals surface area contributed by atoms with Gasteiger partial charge < -0.3 is 4.98 Å². The molecule has 0 radical (unpaired) electrons. The van der Waals surface area contributed by atoms with Crippen LogP contribution in [0.2, 0.25) is 0 Å². The summed E-state index contributed by atoms with van der Waals surface area (Å²) in [6.07, 6.45) is 3.67. The molecule has 0 bridgehead atoms. The van der Waals surface area contributed by atoms with E-state index in [0.29, 0.717) is 5.25 Å². The summed E-state index contributed by atoms with van der Waals surface area (Å²) in [6.45, 7) is 0. The number of benzene rings is 1. The molecule has 1 aliphatic carbocycles. The topological polar surface area (TPSA) is 15.8 Å². The molecule has 0 saturated carbocycles. The van der Waals surface area contributed by atoms with E-state index >= 15 is 0 Å². The van der Waals surface area contributed by atoms with Gasteiger partial charge in [0.25, 0.3) is 0 Å². The van der Waals surface area contributed by atoms with E-state index in [2.05, 4.69) is 41.9 Å². The van der Waals surface area contributed by atoms with Gasteiger partial charge >= 0.3 is 0 Å². The van der Waals surface area contributed by atoms with Gasteiger partial charge in [-0.25, -0.2) is 0 Å². The number of hydrogen-bond acceptors (Lipinski definition) is 1. The van der Waals surface area contributed by atoms with Gasteiger partial charge in [0.15, 0.2) is 0 Å².